The second kappa shape index (κ2) is 11.5. The summed E-state index contributed by atoms with van der Waals surface area (Å²) in [5.74, 6) is -10.5. The number of benzene rings is 2. The SMILES string of the molecule is CC1c2ccc(NC(=O)C(Br)c3ccc(N(C)C)cc3)c(O)c2C(O)=C2C(=O)C3(O)C(O)=C(C(N)=O)C(=O)[C@@H](N(C)C)C3C(O)C21. The molecule has 0 bridgehead atoms. The van der Waals surface area contributed by atoms with Crippen LogP contribution >= 0.6 is 15.9 Å². The number of Topliss-reactive ketones (excluding diaryl/α,β-unsaturated/α-hetero) is 2. The number of hydrogen-bond acceptors (Lipinski definition) is 11. The molecule has 2 aromatic rings. The third-order valence-corrected chi connectivity index (χ3v) is 10.3. The molecule has 2 aromatic carbocycles. The number of nitrogens with zero attached hydrogens (tertiary/aromatic N) is 2. The summed E-state index contributed by atoms with van der Waals surface area (Å²) in [4.78, 5) is 55.2. The highest BCUT2D eigenvalue weighted by Gasteiger charge is 2.68. The first kappa shape index (κ1) is 33.1. The van der Waals surface area contributed by atoms with Crippen molar-refractivity contribution in [3.8, 4) is 5.75 Å². The molecule has 5 rings (SSSR count). The van der Waals surface area contributed by atoms with Crippen molar-refractivity contribution < 1.29 is 44.7 Å². The van der Waals surface area contributed by atoms with Crippen LogP contribution in [-0.4, -0.2) is 99.8 Å². The lowest BCUT2D eigenvalue weighted by Crippen LogP contribution is -2.70. The Labute approximate surface area is 272 Å². The summed E-state index contributed by atoms with van der Waals surface area (Å²) in [5.41, 5.74) is 2.38. The molecule has 3 aliphatic carbocycles. The van der Waals surface area contributed by atoms with Crippen LogP contribution in [0.1, 0.15) is 34.4 Å². The van der Waals surface area contributed by atoms with Gasteiger partial charge < -0.3 is 41.5 Å². The lowest BCUT2D eigenvalue weighted by atomic mass is 9.54. The predicted molar refractivity (Wildman–Crippen MR) is 171 cm³/mol. The van der Waals surface area contributed by atoms with Gasteiger partial charge in [0.25, 0.3) is 5.91 Å². The second-order valence-corrected chi connectivity index (χ2v) is 13.2. The number of primary amides is 1. The third-order valence-electron chi connectivity index (χ3n) is 9.32. The Morgan fingerprint density at radius 2 is 1.63 bits per heavy atom. The first-order valence-corrected chi connectivity index (χ1v) is 15.3. The number of alkyl halides is 1. The number of amides is 2. The number of likely N-dealkylation sites (N-methyl/N-ethyl adjacent to an activating group) is 1. The number of phenolic OH excluding ortho intramolecular Hbond substituents is 1. The summed E-state index contributed by atoms with van der Waals surface area (Å²) in [7, 11) is 6.64. The Hall–Kier alpha value is -4.24. The van der Waals surface area contributed by atoms with Gasteiger partial charge in [0, 0.05) is 31.3 Å². The molecule has 7 atom stereocenters. The zero-order chi connectivity index (χ0) is 34.2. The van der Waals surface area contributed by atoms with Crippen LogP contribution in [0.15, 0.2) is 53.3 Å². The number of halogens is 1. The van der Waals surface area contributed by atoms with E-state index in [1.807, 2.05) is 31.1 Å². The maximum atomic E-state index is 14.2. The van der Waals surface area contributed by atoms with E-state index in [2.05, 4.69) is 21.2 Å². The van der Waals surface area contributed by atoms with E-state index >= 15 is 0 Å². The number of nitrogens with one attached hydrogen (secondary N) is 1. The molecule has 2 amide bonds. The number of aromatic hydroxyl groups is 1. The van der Waals surface area contributed by atoms with Crippen molar-refractivity contribution >= 4 is 56.4 Å². The van der Waals surface area contributed by atoms with Crippen molar-refractivity contribution in [1.82, 2.24) is 4.90 Å². The number of carbonyl (C=O) groups excluding carboxylic acids is 4. The van der Waals surface area contributed by atoms with Gasteiger partial charge in [-0.3, -0.25) is 24.1 Å². The topological polar surface area (TPSA) is 214 Å². The Morgan fingerprint density at radius 1 is 1.02 bits per heavy atom. The number of fused-ring (bicyclic) bond motifs is 3. The Morgan fingerprint density at radius 3 is 2.17 bits per heavy atom. The molecular formula is C32H35BrN4O9. The van der Waals surface area contributed by atoms with Crippen molar-refractivity contribution in [1.29, 1.82) is 0 Å². The van der Waals surface area contributed by atoms with E-state index in [4.69, 9.17) is 5.73 Å². The van der Waals surface area contributed by atoms with Gasteiger partial charge in [-0.1, -0.05) is 41.1 Å². The van der Waals surface area contributed by atoms with E-state index in [9.17, 15) is 44.7 Å². The minimum atomic E-state index is -3.02. The van der Waals surface area contributed by atoms with E-state index in [1.54, 1.807) is 19.1 Å². The zero-order valence-electron chi connectivity index (χ0n) is 25.6. The number of aliphatic hydroxyl groups is 4. The normalized spacial score (nSPS) is 28.0. The monoisotopic (exact) mass is 698 g/mol. The molecule has 14 heteroatoms. The van der Waals surface area contributed by atoms with Crippen LogP contribution in [0.2, 0.25) is 0 Å². The molecule has 6 unspecified atom stereocenters. The van der Waals surface area contributed by atoms with Crippen molar-refractivity contribution in [2.24, 2.45) is 17.6 Å². The van der Waals surface area contributed by atoms with E-state index in [0.717, 1.165) is 5.69 Å². The van der Waals surface area contributed by atoms with Gasteiger partial charge in [0.05, 0.1) is 29.3 Å². The van der Waals surface area contributed by atoms with Crippen molar-refractivity contribution in [2.75, 3.05) is 38.4 Å². The summed E-state index contributed by atoms with van der Waals surface area (Å²) in [5, 5.41) is 60.1. The number of aliphatic hydroxyl groups excluding tert-OH is 3. The maximum absolute atomic E-state index is 14.2. The quantitative estimate of drug-likeness (QED) is 0.131. The predicted octanol–water partition coefficient (Wildman–Crippen LogP) is 1.64. The molecule has 0 aromatic heterocycles. The minimum Gasteiger partial charge on any atom is -0.508 e. The summed E-state index contributed by atoms with van der Waals surface area (Å²) in [6.45, 7) is 1.63. The standard InChI is InChI=1S/C32H35BrN4O9/c1-12-15-10-11-16(35-31(45)22(33)13-6-8-14(9-7-13)36(2)3)24(38)18(15)25(39)19-17(12)26(40)21-23(37(4)5)27(41)20(30(34)44)29(43)32(21,46)28(19)42/h6-12,17,21-23,26,38-40,43,46H,1-5H3,(H2,34,44)(H,35,45)/t12?,17?,21?,22?,23-,26?,32?/m0/s1. The Balaban J connectivity index is 1.59. The molecule has 3 aliphatic rings. The molecule has 46 heavy (non-hydrogen) atoms. The highest BCUT2D eigenvalue weighted by Crippen LogP contribution is 2.56. The van der Waals surface area contributed by atoms with E-state index in [-0.39, 0.29) is 11.3 Å². The van der Waals surface area contributed by atoms with Crippen LogP contribution < -0.4 is 16.0 Å². The molecule has 0 aliphatic heterocycles. The third kappa shape index (κ3) is 4.70. The van der Waals surface area contributed by atoms with Gasteiger partial charge in [0.1, 0.15) is 27.7 Å². The minimum absolute atomic E-state index is 0.0917. The summed E-state index contributed by atoms with van der Waals surface area (Å²) >= 11 is 3.37. The van der Waals surface area contributed by atoms with Gasteiger partial charge in [0.15, 0.2) is 11.4 Å². The fourth-order valence-corrected chi connectivity index (χ4v) is 7.43. The summed E-state index contributed by atoms with van der Waals surface area (Å²) in [6, 6.07) is 8.71. The zero-order valence-corrected chi connectivity index (χ0v) is 27.2. The van der Waals surface area contributed by atoms with Gasteiger partial charge in [-0.05, 0) is 49.3 Å². The lowest BCUT2D eigenvalue weighted by molar-refractivity contribution is -0.169. The molecule has 1 fully saturated rings. The number of nitrogens with two attached hydrogens (primary N) is 1. The molecular weight excluding hydrogens is 664 g/mol. The smallest absolute Gasteiger partial charge is 0.255 e. The first-order chi connectivity index (χ1) is 21.5. The number of rotatable bonds is 6. The second-order valence-electron chi connectivity index (χ2n) is 12.3. The maximum Gasteiger partial charge on any atom is 0.255 e. The Bertz CT molecular complexity index is 1740. The average molecular weight is 700 g/mol. The molecule has 1 saturated carbocycles. The van der Waals surface area contributed by atoms with E-state index < -0.39 is 92.1 Å². The molecule has 8 N–H and O–H groups in total. The molecule has 0 spiro atoms. The average Bonchev–Trinajstić information content (AvgIpc) is 2.99. The van der Waals surface area contributed by atoms with Crippen molar-refractivity contribution in [2.45, 2.75) is 35.4 Å². The largest absolute Gasteiger partial charge is 0.508 e. The van der Waals surface area contributed by atoms with Crippen molar-refractivity contribution in [3.63, 3.8) is 0 Å². The molecule has 13 nitrogen and oxygen atoms in total. The highest BCUT2D eigenvalue weighted by atomic mass is 79.9. The van der Waals surface area contributed by atoms with Crippen LogP contribution in [-0.2, 0) is 19.2 Å². The molecule has 0 heterocycles. The van der Waals surface area contributed by atoms with Crippen LogP contribution in [0.3, 0.4) is 0 Å². The molecule has 0 saturated heterocycles. The van der Waals surface area contributed by atoms with E-state index in [0.29, 0.717) is 11.1 Å². The number of phenols is 1. The van der Waals surface area contributed by atoms with Crippen LogP contribution in [0, 0.1) is 11.8 Å². The fraction of sp³-hybridized carbons (Fsp3) is 0.375. The number of ketones is 2. The van der Waals surface area contributed by atoms with Gasteiger partial charge in [-0.25, -0.2) is 0 Å². The van der Waals surface area contributed by atoms with Gasteiger partial charge in [0.2, 0.25) is 11.7 Å². The van der Waals surface area contributed by atoms with Crippen LogP contribution in [0.25, 0.3) is 5.76 Å². The summed E-state index contributed by atoms with van der Waals surface area (Å²) < 4.78 is 0. The van der Waals surface area contributed by atoms with Crippen LogP contribution in [0.5, 0.6) is 5.75 Å². The number of anilines is 2. The molecule has 0 radical (unpaired) electrons. The van der Waals surface area contributed by atoms with Crippen LogP contribution in [0.4, 0.5) is 11.4 Å². The van der Waals surface area contributed by atoms with Crippen molar-refractivity contribution in [3.05, 3.63) is 70.0 Å². The van der Waals surface area contributed by atoms with E-state index in [1.165, 1.54) is 31.1 Å². The number of hydrogen-bond donors (Lipinski definition) is 7. The van der Waals surface area contributed by atoms with Gasteiger partial charge in [-0.15, -0.1) is 0 Å². The van der Waals surface area contributed by atoms with Gasteiger partial charge in [-0.2, -0.15) is 0 Å². The highest BCUT2D eigenvalue weighted by molar-refractivity contribution is 9.09. The molecule has 244 valence electrons. The van der Waals surface area contributed by atoms with Gasteiger partial charge >= 0.3 is 0 Å². The summed E-state index contributed by atoms with van der Waals surface area (Å²) in [6.07, 6.45) is -1.70. The fourth-order valence-electron chi connectivity index (χ4n) is 7.01. The lowest BCUT2D eigenvalue weighted by Gasteiger charge is -2.53. The Kier molecular flexibility index (Phi) is 8.30. The number of carbonyl (C=O) groups is 4. The first-order valence-electron chi connectivity index (χ1n) is 14.4.